The second-order valence-electron chi connectivity index (χ2n) is 4.70. The molecule has 1 saturated heterocycles. The summed E-state index contributed by atoms with van der Waals surface area (Å²) in [5, 5.41) is 7.70. The van der Waals surface area contributed by atoms with Crippen molar-refractivity contribution in [2.24, 2.45) is 0 Å². The topological polar surface area (TPSA) is 79.5 Å². The van der Waals surface area contributed by atoms with Gasteiger partial charge in [0, 0.05) is 14.0 Å². The minimum atomic E-state index is -0.412. The molecule has 0 unspecified atom stereocenters. The molecule has 104 valence electrons. The fourth-order valence-corrected chi connectivity index (χ4v) is 2.23. The van der Waals surface area contributed by atoms with Gasteiger partial charge in [0.25, 0.3) is 0 Å². The number of carbonyl (C=O) groups excluding carboxylic acids is 2. The van der Waals surface area contributed by atoms with Gasteiger partial charge in [0.2, 0.25) is 23.6 Å². The SMILES string of the molecule is CCCN(Cc1nnc(C)o1)[C@@H]1CC(=O)N(C)C1=O. The summed E-state index contributed by atoms with van der Waals surface area (Å²) in [6, 6.07) is -0.412. The van der Waals surface area contributed by atoms with Crippen LogP contribution < -0.4 is 0 Å². The standard InChI is InChI=1S/C12H18N4O3/c1-4-5-16(7-10-14-13-8(2)19-10)9-6-11(17)15(3)12(9)18/h9H,4-7H2,1-3H3/t9-/m1/s1. The van der Waals surface area contributed by atoms with Crippen LogP contribution in [0.25, 0.3) is 0 Å². The van der Waals surface area contributed by atoms with Gasteiger partial charge in [-0.1, -0.05) is 6.92 Å². The summed E-state index contributed by atoms with van der Waals surface area (Å²) in [7, 11) is 1.52. The van der Waals surface area contributed by atoms with Crippen LogP contribution in [-0.4, -0.2) is 51.4 Å². The van der Waals surface area contributed by atoms with Crippen LogP contribution >= 0.6 is 0 Å². The van der Waals surface area contributed by atoms with Crippen LogP contribution in [0.5, 0.6) is 0 Å². The molecule has 1 aliphatic rings. The molecule has 1 aromatic heterocycles. The molecule has 0 saturated carbocycles. The number of rotatable bonds is 5. The number of amides is 2. The Morgan fingerprint density at radius 1 is 1.42 bits per heavy atom. The first-order valence-electron chi connectivity index (χ1n) is 6.36. The maximum absolute atomic E-state index is 12.0. The highest BCUT2D eigenvalue weighted by Crippen LogP contribution is 2.19. The van der Waals surface area contributed by atoms with Crippen molar-refractivity contribution in [2.75, 3.05) is 13.6 Å². The molecule has 0 aromatic carbocycles. The van der Waals surface area contributed by atoms with E-state index < -0.39 is 6.04 Å². The van der Waals surface area contributed by atoms with E-state index in [1.54, 1.807) is 6.92 Å². The van der Waals surface area contributed by atoms with Gasteiger partial charge in [-0.2, -0.15) is 0 Å². The van der Waals surface area contributed by atoms with E-state index in [1.807, 2.05) is 11.8 Å². The smallest absolute Gasteiger partial charge is 0.246 e. The van der Waals surface area contributed by atoms with Gasteiger partial charge in [0.05, 0.1) is 19.0 Å². The number of aromatic nitrogens is 2. The van der Waals surface area contributed by atoms with Crippen molar-refractivity contribution in [3.63, 3.8) is 0 Å². The van der Waals surface area contributed by atoms with Gasteiger partial charge in [0.15, 0.2) is 0 Å². The summed E-state index contributed by atoms with van der Waals surface area (Å²) in [4.78, 5) is 26.7. The first-order chi connectivity index (χ1) is 9.02. The number of imide groups is 1. The van der Waals surface area contributed by atoms with Crippen LogP contribution in [0.4, 0.5) is 0 Å². The lowest BCUT2D eigenvalue weighted by Crippen LogP contribution is -2.41. The summed E-state index contributed by atoms with van der Waals surface area (Å²) in [6.07, 6.45) is 1.11. The molecule has 0 bridgehead atoms. The Morgan fingerprint density at radius 3 is 2.63 bits per heavy atom. The Hall–Kier alpha value is -1.76. The monoisotopic (exact) mass is 266 g/mol. The average Bonchev–Trinajstić information content (AvgIpc) is 2.88. The molecule has 1 atom stereocenters. The zero-order valence-electron chi connectivity index (χ0n) is 11.4. The van der Waals surface area contributed by atoms with Crippen molar-refractivity contribution in [1.82, 2.24) is 20.0 Å². The molecule has 2 rings (SSSR count). The zero-order valence-corrected chi connectivity index (χ0v) is 11.4. The maximum atomic E-state index is 12.0. The first-order valence-corrected chi connectivity index (χ1v) is 6.36. The highest BCUT2D eigenvalue weighted by Gasteiger charge is 2.39. The number of likely N-dealkylation sites (N-methyl/N-ethyl adjacent to an activating group) is 1. The summed E-state index contributed by atoms with van der Waals surface area (Å²) < 4.78 is 5.34. The molecule has 1 fully saturated rings. The summed E-state index contributed by atoms with van der Waals surface area (Å²) in [5.74, 6) is 0.672. The summed E-state index contributed by atoms with van der Waals surface area (Å²) in [5.41, 5.74) is 0. The number of nitrogens with zero attached hydrogens (tertiary/aromatic N) is 4. The Bertz CT molecular complexity index is 485. The Balaban J connectivity index is 2.12. The van der Waals surface area contributed by atoms with Gasteiger partial charge >= 0.3 is 0 Å². The molecular formula is C12H18N4O3. The van der Waals surface area contributed by atoms with Crippen molar-refractivity contribution >= 4 is 11.8 Å². The van der Waals surface area contributed by atoms with Gasteiger partial charge in [-0.05, 0) is 13.0 Å². The van der Waals surface area contributed by atoms with Crippen LogP contribution in [-0.2, 0) is 16.1 Å². The van der Waals surface area contributed by atoms with E-state index >= 15 is 0 Å². The Labute approximate surface area is 111 Å². The third kappa shape index (κ3) is 2.81. The van der Waals surface area contributed by atoms with Gasteiger partial charge in [-0.25, -0.2) is 0 Å². The summed E-state index contributed by atoms with van der Waals surface area (Å²) >= 11 is 0. The number of likely N-dealkylation sites (tertiary alicyclic amines) is 1. The van der Waals surface area contributed by atoms with E-state index in [4.69, 9.17) is 4.42 Å². The highest BCUT2D eigenvalue weighted by atomic mass is 16.4. The number of hydrogen-bond donors (Lipinski definition) is 0. The third-order valence-electron chi connectivity index (χ3n) is 3.22. The zero-order chi connectivity index (χ0) is 14.0. The van der Waals surface area contributed by atoms with Crippen LogP contribution in [0.15, 0.2) is 4.42 Å². The normalized spacial score (nSPS) is 19.8. The Kier molecular flexibility index (Phi) is 3.94. The number of hydrogen-bond acceptors (Lipinski definition) is 6. The number of aryl methyl sites for hydroxylation is 1. The summed E-state index contributed by atoms with van der Waals surface area (Å²) in [6.45, 7) is 4.85. The van der Waals surface area contributed by atoms with E-state index in [9.17, 15) is 9.59 Å². The highest BCUT2D eigenvalue weighted by molar-refractivity contribution is 6.05. The van der Waals surface area contributed by atoms with E-state index in [1.165, 1.54) is 11.9 Å². The van der Waals surface area contributed by atoms with Crippen molar-refractivity contribution in [2.45, 2.75) is 39.3 Å². The molecule has 0 radical (unpaired) electrons. The van der Waals surface area contributed by atoms with Crippen LogP contribution in [0, 0.1) is 6.92 Å². The van der Waals surface area contributed by atoms with Gasteiger partial charge in [-0.3, -0.25) is 19.4 Å². The molecule has 0 spiro atoms. The van der Waals surface area contributed by atoms with Crippen LogP contribution in [0.1, 0.15) is 31.5 Å². The molecule has 0 aliphatic carbocycles. The van der Waals surface area contributed by atoms with Crippen molar-refractivity contribution in [3.05, 3.63) is 11.8 Å². The van der Waals surface area contributed by atoms with E-state index in [-0.39, 0.29) is 18.2 Å². The van der Waals surface area contributed by atoms with Gasteiger partial charge in [0.1, 0.15) is 0 Å². The molecule has 19 heavy (non-hydrogen) atoms. The molecule has 2 heterocycles. The maximum Gasteiger partial charge on any atom is 0.246 e. The lowest BCUT2D eigenvalue weighted by atomic mass is 10.2. The predicted octanol–water partition coefficient (Wildman–Crippen LogP) is 0.347. The first kappa shape index (κ1) is 13.7. The molecule has 1 aromatic rings. The quantitative estimate of drug-likeness (QED) is 0.715. The molecule has 7 nitrogen and oxygen atoms in total. The van der Waals surface area contributed by atoms with Crippen molar-refractivity contribution in [3.8, 4) is 0 Å². The third-order valence-corrected chi connectivity index (χ3v) is 3.22. The fourth-order valence-electron chi connectivity index (χ4n) is 2.23. The average molecular weight is 266 g/mol. The molecular weight excluding hydrogens is 248 g/mol. The molecule has 1 aliphatic heterocycles. The van der Waals surface area contributed by atoms with E-state index in [2.05, 4.69) is 10.2 Å². The fraction of sp³-hybridized carbons (Fsp3) is 0.667. The van der Waals surface area contributed by atoms with Gasteiger partial charge in [-0.15, -0.1) is 10.2 Å². The van der Waals surface area contributed by atoms with Crippen LogP contribution in [0.3, 0.4) is 0 Å². The minimum absolute atomic E-state index is 0.141. The molecule has 2 amide bonds. The van der Waals surface area contributed by atoms with Crippen molar-refractivity contribution < 1.29 is 14.0 Å². The van der Waals surface area contributed by atoms with E-state index in [0.717, 1.165) is 6.42 Å². The number of carbonyl (C=O) groups is 2. The lowest BCUT2D eigenvalue weighted by molar-refractivity contribution is -0.138. The minimum Gasteiger partial charge on any atom is -0.424 e. The molecule has 7 heteroatoms. The largest absolute Gasteiger partial charge is 0.424 e. The second-order valence-corrected chi connectivity index (χ2v) is 4.70. The lowest BCUT2D eigenvalue weighted by Gasteiger charge is -2.24. The second kappa shape index (κ2) is 5.48. The van der Waals surface area contributed by atoms with Crippen molar-refractivity contribution in [1.29, 1.82) is 0 Å². The predicted molar refractivity (Wildman–Crippen MR) is 65.9 cm³/mol. The molecule has 0 N–H and O–H groups in total. The van der Waals surface area contributed by atoms with Gasteiger partial charge < -0.3 is 4.42 Å². The van der Waals surface area contributed by atoms with E-state index in [0.29, 0.717) is 24.9 Å². The Morgan fingerprint density at radius 2 is 2.16 bits per heavy atom. The van der Waals surface area contributed by atoms with Crippen LogP contribution in [0.2, 0.25) is 0 Å².